The Morgan fingerprint density at radius 1 is 1.12 bits per heavy atom. The molecule has 166 valence electrons. The Morgan fingerprint density at radius 2 is 1.88 bits per heavy atom. The number of aromatic nitrogens is 1. The van der Waals surface area contributed by atoms with E-state index >= 15 is 0 Å². The summed E-state index contributed by atoms with van der Waals surface area (Å²) in [5.74, 6) is -0.592. The smallest absolute Gasteiger partial charge is 0.254 e. The number of aryl methyl sites for hydroxylation is 2. The first-order chi connectivity index (χ1) is 15.8. The molecule has 1 aliphatic heterocycles. The minimum atomic E-state index is -0.523. The SMILES string of the molecule is Cc1ccc(-c2cc(C(=O)NCc3ccc(C)nc3)cc(C(=O)N3CC(O)C3)c2)c(C#N)c1. The monoisotopic (exact) mass is 440 g/mol. The van der Waals surface area contributed by atoms with Crippen LogP contribution in [0.2, 0.25) is 0 Å². The summed E-state index contributed by atoms with van der Waals surface area (Å²) in [6.07, 6.45) is 1.19. The standard InChI is InChI=1S/C26H24N4O3/c1-16-3-6-24(22(7-16)11-27)19-8-20(10-21(9-19)26(33)30-14-23(31)15-30)25(32)29-13-18-5-4-17(2)28-12-18/h3-10,12,23,31H,13-15H2,1-2H3,(H,29,32). The number of aliphatic hydroxyl groups excluding tert-OH is 1. The van der Waals surface area contributed by atoms with Crippen LogP contribution in [0.4, 0.5) is 0 Å². The maximum absolute atomic E-state index is 13.0. The van der Waals surface area contributed by atoms with E-state index in [1.807, 2.05) is 38.1 Å². The largest absolute Gasteiger partial charge is 0.389 e. The van der Waals surface area contributed by atoms with Crippen molar-refractivity contribution in [2.45, 2.75) is 26.5 Å². The molecule has 4 rings (SSSR count). The zero-order chi connectivity index (χ0) is 23.5. The Hall–Kier alpha value is -4.02. The molecule has 0 atom stereocenters. The molecule has 0 aliphatic carbocycles. The Balaban J connectivity index is 1.68. The Labute approximate surface area is 192 Å². The summed E-state index contributed by atoms with van der Waals surface area (Å²) in [7, 11) is 0. The summed E-state index contributed by atoms with van der Waals surface area (Å²) in [6, 6.07) is 16.4. The molecule has 2 amide bonds. The van der Waals surface area contributed by atoms with Crippen LogP contribution in [0.1, 0.15) is 43.1 Å². The number of rotatable bonds is 5. The lowest BCUT2D eigenvalue weighted by Crippen LogP contribution is -2.53. The fraction of sp³-hybridized carbons (Fsp3) is 0.231. The van der Waals surface area contributed by atoms with Crippen LogP contribution < -0.4 is 5.32 Å². The third-order valence-electron chi connectivity index (χ3n) is 5.62. The number of amides is 2. The molecule has 0 spiro atoms. The molecule has 0 saturated carbocycles. The van der Waals surface area contributed by atoms with Crippen LogP contribution in [-0.4, -0.2) is 46.0 Å². The number of β-amino-alcohol motifs (C(OH)–C–C–N with tert-alkyl or cyclic N) is 1. The molecule has 2 N–H and O–H groups in total. The van der Waals surface area contributed by atoms with Crippen molar-refractivity contribution in [1.82, 2.24) is 15.2 Å². The Kier molecular flexibility index (Phi) is 6.20. The van der Waals surface area contributed by atoms with E-state index in [0.717, 1.165) is 16.8 Å². The van der Waals surface area contributed by atoms with Crippen molar-refractivity contribution in [1.29, 1.82) is 5.26 Å². The predicted molar refractivity (Wildman–Crippen MR) is 123 cm³/mol. The highest BCUT2D eigenvalue weighted by molar-refractivity contribution is 6.02. The highest BCUT2D eigenvalue weighted by Gasteiger charge is 2.30. The number of carbonyl (C=O) groups excluding carboxylic acids is 2. The average molecular weight is 441 g/mol. The van der Waals surface area contributed by atoms with E-state index in [1.165, 1.54) is 4.90 Å². The van der Waals surface area contributed by atoms with Gasteiger partial charge in [-0.2, -0.15) is 5.26 Å². The first kappa shape index (κ1) is 22.2. The molecule has 2 aromatic carbocycles. The maximum atomic E-state index is 13.0. The highest BCUT2D eigenvalue weighted by Crippen LogP contribution is 2.28. The quantitative estimate of drug-likeness (QED) is 0.634. The van der Waals surface area contributed by atoms with Gasteiger partial charge in [-0.05, 0) is 66.4 Å². The lowest BCUT2D eigenvalue weighted by atomic mass is 9.94. The Bertz CT molecular complexity index is 1260. The molecule has 1 fully saturated rings. The maximum Gasteiger partial charge on any atom is 0.254 e. The molecule has 7 nitrogen and oxygen atoms in total. The number of pyridine rings is 1. The van der Waals surface area contributed by atoms with E-state index in [2.05, 4.69) is 16.4 Å². The van der Waals surface area contributed by atoms with Crippen LogP contribution in [0, 0.1) is 25.2 Å². The number of benzene rings is 2. The van der Waals surface area contributed by atoms with Gasteiger partial charge in [0.2, 0.25) is 0 Å². The van der Waals surface area contributed by atoms with Crippen LogP contribution in [-0.2, 0) is 6.54 Å². The van der Waals surface area contributed by atoms with Crippen molar-refractivity contribution in [2.75, 3.05) is 13.1 Å². The van der Waals surface area contributed by atoms with Crippen molar-refractivity contribution in [3.63, 3.8) is 0 Å². The Morgan fingerprint density at radius 3 is 2.55 bits per heavy atom. The molecule has 3 aromatic rings. The second-order valence-corrected chi connectivity index (χ2v) is 8.31. The van der Waals surface area contributed by atoms with Crippen LogP contribution in [0.3, 0.4) is 0 Å². The van der Waals surface area contributed by atoms with Gasteiger partial charge in [0.25, 0.3) is 11.8 Å². The van der Waals surface area contributed by atoms with Crippen molar-refractivity contribution in [3.05, 3.63) is 88.2 Å². The molecule has 1 saturated heterocycles. The first-order valence-electron chi connectivity index (χ1n) is 10.7. The molecule has 1 aliphatic rings. The van der Waals surface area contributed by atoms with Gasteiger partial charge in [0.15, 0.2) is 0 Å². The van der Waals surface area contributed by atoms with Gasteiger partial charge >= 0.3 is 0 Å². The normalized spacial score (nSPS) is 13.2. The molecule has 0 bridgehead atoms. The lowest BCUT2D eigenvalue weighted by Gasteiger charge is -2.36. The zero-order valence-corrected chi connectivity index (χ0v) is 18.5. The van der Waals surface area contributed by atoms with Gasteiger partial charge in [-0.1, -0.05) is 18.2 Å². The predicted octanol–water partition coefficient (Wildman–Crippen LogP) is 2.98. The van der Waals surface area contributed by atoms with Crippen LogP contribution in [0.25, 0.3) is 11.1 Å². The minimum absolute atomic E-state index is 0.260. The van der Waals surface area contributed by atoms with E-state index < -0.39 is 6.10 Å². The molecular formula is C26H24N4O3. The molecular weight excluding hydrogens is 416 g/mol. The third kappa shape index (κ3) is 4.92. The van der Waals surface area contributed by atoms with Gasteiger partial charge in [-0.15, -0.1) is 0 Å². The van der Waals surface area contributed by atoms with E-state index in [4.69, 9.17) is 0 Å². The topological polar surface area (TPSA) is 106 Å². The molecule has 0 radical (unpaired) electrons. The zero-order valence-electron chi connectivity index (χ0n) is 18.5. The van der Waals surface area contributed by atoms with Gasteiger partial charge in [0.1, 0.15) is 0 Å². The fourth-order valence-electron chi connectivity index (χ4n) is 3.73. The summed E-state index contributed by atoms with van der Waals surface area (Å²) in [6.45, 7) is 4.62. The summed E-state index contributed by atoms with van der Waals surface area (Å²) < 4.78 is 0. The molecule has 33 heavy (non-hydrogen) atoms. The number of nitrogens with zero attached hydrogens (tertiary/aromatic N) is 3. The summed E-state index contributed by atoms with van der Waals surface area (Å²) in [5, 5.41) is 22.1. The minimum Gasteiger partial charge on any atom is -0.389 e. The summed E-state index contributed by atoms with van der Waals surface area (Å²) >= 11 is 0. The van der Waals surface area contributed by atoms with E-state index in [-0.39, 0.29) is 24.9 Å². The van der Waals surface area contributed by atoms with Gasteiger partial charge in [0, 0.05) is 42.7 Å². The number of nitrogens with one attached hydrogen (secondary N) is 1. The average Bonchev–Trinajstić information content (AvgIpc) is 2.80. The summed E-state index contributed by atoms with van der Waals surface area (Å²) in [5.41, 5.74) is 5.09. The van der Waals surface area contributed by atoms with E-state index in [0.29, 0.717) is 34.4 Å². The van der Waals surface area contributed by atoms with Gasteiger partial charge in [-0.25, -0.2) is 0 Å². The molecule has 0 unspecified atom stereocenters. The van der Waals surface area contributed by atoms with Crippen LogP contribution >= 0.6 is 0 Å². The number of aliphatic hydroxyl groups is 1. The molecule has 1 aromatic heterocycles. The second-order valence-electron chi connectivity index (χ2n) is 8.31. The molecule has 2 heterocycles. The van der Waals surface area contributed by atoms with E-state index in [9.17, 15) is 20.0 Å². The number of carbonyl (C=O) groups is 2. The number of hydrogen-bond donors (Lipinski definition) is 2. The number of hydrogen-bond acceptors (Lipinski definition) is 5. The third-order valence-corrected chi connectivity index (χ3v) is 5.62. The van der Waals surface area contributed by atoms with Crippen molar-refractivity contribution >= 4 is 11.8 Å². The van der Waals surface area contributed by atoms with Crippen LogP contribution in [0.5, 0.6) is 0 Å². The van der Waals surface area contributed by atoms with Gasteiger partial charge in [-0.3, -0.25) is 14.6 Å². The van der Waals surface area contributed by atoms with Crippen molar-refractivity contribution in [3.8, 4) is 17.2 Å². The van der Waals surface area contributed by atoms with E-state index in [1.54, 1.807) is 30.5 Å². The summed E-state index contributed by atoms with van der Waals surface area (Å²) in [4.78, 5) is 31.7. The second kappa shape index (κ2) is 9.23. The van der Waals surface area contributed by atoms with Crippen LogP contribution in [0.15, 0.2) is 54.7 Å². The van der Waals surface area contributed by atoms with Crippen molar-refractivity contribution < 1.29 is 14.7 Å². The highest BCUT2D eigenvalue weighted by atomic mass is 16.3. The van der Waals surface area contributed by atoms with Crippen molar-refractivity contribution in [2.24, 2.45) is 0 Å². The lowest BCUT2D eigenvalue weighted by molar-refractivity contribution is 0.00589. The number of likely N-dealkylation sites (tertiary alicyclic amines) is 1. The van der Waals surface area contributed by atoms with Gasteiger partial charge < -0.3 is 15.3 Å². The molecule has 7 heteroatoms. The first-order valence-corrected chi connectivity index (χ1v) is 10.7. The number of nitriles is 1. The van der Waals surface area contributed by atoms with Gasteiger partial charge in [0.05, 0.1) is 17.7 Å². The fourth-order valence-corrected chi connectivity index (χ4v) is 3.73.